The number of hydrogen-bond donors (Lipinski definition) is 2. The summed E-state index contributed by atoms with van der Waals surface area (Å²) in [5, 5.41) is 9.18. The number of carboxylic acid groups (broad SMARTS) is 1. The zero-order chi connectivity index (χ0) is 14.1. The van der Waals surface area contributed by atoms with Gasteiger partial charge in [0, 0.05) is 26.3 Å². The van der Waals surface area contributed by atoms with E-state index in [0.717, 1.165) is 0 Å². The van der Waals surface area contributed by atoms with Crippen LogP contribution in [0.1, 0.15) is 32.6 Å². The molecule has 2 heterocycles. The summed E-state index contributed by atoms with van der Waals surface area (Å²) in [4.78, 5) is 25.3. The fourth-order valence-electron chi connectivity index (χ4n) is 2.68. The number of ether oxygens (including phenoxy) is 1. The van der Waals surface area contributed by atoms with E-state index >= 15 is 0 Å². The van der Waals surface area contributed by atoms with Gasteiger partial charge in [-0.25, -0.2) is 0 Å². The zero-order valence-corrected chi connectivity index (χ0v) is 11.4. The van der Waals surface area contributed by atoms with E-state index in [9.17, 15) is 14.7 Å². The predicted molar refractivity (Wildman–Crippen MR) is 68.5 cm³/mol. The van der Waals surface area contributed by atoms with Crippen molar-refractivity contribution in [2.24, 2.45) is 11.1 Å². The molecule has 2 rings (SSSR count). The summed E-state index contributed by atoms with van der Waals surface area (Å²) in [6.07, 6.45) is 2.05. The van der Waals surface area contributed by atoms with Crippen LogP contribution in [0.2, 0.25) is 0 Å². The van der Waals surface area contributed by atoms with E-state index in [2.05, 4.69) is 0 Å². The summed E-state index contributed by atoms with van der Waals surface area (Å²) in [7, 11) is 0. The number of carbonyl (C=O) groups is 2. The topological polar surface area (TPSA) is 92.9 Å². The lowest BCUT2D eigenvalue weighted by Crippen LogP contribution is -2.60. The first-order valence-electron chi connectivity index (χ1n) is 6.77. The summed E-state index contributed by atoms with van der Waals surface area (Å²) in [6.45, 7) is 3.72. The Balaban J connectivity index is 1.97. The van der Waals surface area contributed by atoms with Crippen molar-refractivity contribution in [3.05, 3.63) is 0 Å². The quantitative estimate of drug-likeness (QED) is 0.748. The number of amides is 1. The molecule has 0 aromatic carbocycles. The normalized spacial score (nSPS) is 25.9. The third kappa shape index (κ3) is 2.74. The zero-order valence-electron chi connectivity index (χ0n) is 11.4. The maximum Gasteiger partial charge on any atom is 0.309 e. The maximum atomic E-state index is 12.5. The Morgan fingerprint density at radius 3 is 2.16 bits per heavy atom. The fraction of sp³-hybridized carbons (Fsp3) is 0.846. The molecule has 6 nitrogen and oxygen atoms in total. The molecule has 0 saturated carbocycles. The van der Waals surface area contributed by atoms with Gasteiger partial charge in [-0.1, -0.05) is 0 Å². The summed E-state index contributed by atoms with van der Waals surface area (Å²) in [6, 6.07) is 0. The third-order valence-electron chi connectivity index (χ3n) is 4.48. The number of aliphatic carboxylic acids is 1. The molecule has 0 unspecified atom stereocenters. The van der Waals surface area contributed by atoms with Crippen molar-refractivity contribution < 1.29 is 19.4 Å². The molecule has 2 saturated heterocycles. The summed E-state index contributed by atoms with van der Waals surface area (Å²) < 4.78 is 5.24. The van der Waals surface area contributed by atoms with Gasteiger partial charge in [0.1, 0.15) is 0 Å². The van der Waals surface area contributed by atoms with E-state index in [-0.39, 0.29) is 5.91 Å². The van der Waals surface area contributed by atoms with Crippen LogP contribution in [0.25, 0.3) is 0 Å². The van der Waals surface area contributed by atoms with Gasteiger partial charge in [0.25, 0.3) is 0 Å². The molecule has 0 spiro atoms. The van der Waals surface area contributed by atoms with Crippen LogP contribution in [-0.2, 0) is 14.3 Å². The van der Waals surface area contributed by atoms with Crippen LogP contribution < -0.4 is 5.73 Å². The fourth-order valence-corrected chi connectivity index (χ4v) is 2.68. The molecule has 0 atom stereocenters. The molecule has 1 amide bonds. The number of nitrogens with two attached hydrogens (primary N) is 1. The monoisotopic (exact) mass is 270 g/mol. The molecule has 19 heavy (non-hydrogen) atoms. The van der Waals surface area contributed by atoms with Crippen molar-refractivity contribution in [2.75, 3.05) is 26.3 Å². The Hall–Kier alpha value is -1.14. The van der Waals surface area contributed by atoms with Gasteiger partial charge in [-0.2, -0.15) is 0 Å². The van der Waals surface area contributed by atoms with Crippen molar-refractivity contribution in [1.82, 2.24) is 4.90 Å². The Morgan fingerprint density at radius 2 is 1.68 bits per heavy atom. The second-order valence-corrected chi connectivity index (χ2v) is 5.93. The van der Waals surface area contributed by atoms with E-state index < -0.39 is 16.9 Å². The SMILES string of the molecule is CC1(C(=O)O)CCN(C(=O)C2(N)CCOCC2)CC1. The Bertz CT molecular complexity index is 369. The van der Waals surface area contributed by atoms with Crippen LogP contribution >= 0.6 is 0 Å². The molecule has 2 fully saturated rings. The van der Waals surface area contributed by atoms with Gasteiger partial charge in [-0.3, -0.25) is 9.59 Å². The first kappa shape index (κ1) is 14.3. The number of piperidine rings is 1. The van der Waals surface area contributed by atoms with Crippen molar-refractivity contribution in [3.63, 3.8) is 0 Å². The van der Waals surface area contributed by atoms with Crippen LogP contribution in [0.15, 0.2) is 0 Å². The van der Waals surface area contributed by atoms with Gasteiger partial charge in [-0.05, 0) is 32.6 Å². The second-order valence-electron chi connectivity index (χ2n) is 5.93. The summed E-state index contributed by atoms with van der Waals surface area (Å²) in [5.74, 6) is -0.837. The molecule has 0 radical (unpaired) electrons. The second kappa shape index (κ2) is 5.09. The van der Waals surface area contributed by atoms with Gasteiger partial charge in [0.15, 0.2) is 0 Å². The number of likely N-dealkylation sites (tertiary alicyclic amines) is 1. The van der Waals surface area contributed by atoms with Gasteiger partial charge in [0.2, 0.25) is 5.91 Å². The van der Waals surface area contributed by atoms with Crippen molar-refractivity contribution in [1.29, 1.82) is 0 Å². The Labute approximate surface area is 112 Å². The van der Waals surface area contributed by atoms with Crippen molar-refractivity contribution in [3.8, 4) is 0 Å². The van der Waals surface area contributed by atoms with Gasteiger partial charge >= 0.3 is 5.97 Å². The molecular formula is C13H22N2O4. The molecule has 2 aliphatic rings. The number of nitrogens with zero attached hydrogens (tertiary/aromatic N) is 1. The van der Waals surface area contributed by atoms with Gasteiger partial charge in [-0.15, -0.1) is 0 Å². The van der Waals surface area contributed by atoms with Crippen LogP contribution in [0.3, 0.4) is 0 Å². The van der Waals surface area contributed by atoms with Crippen LogP contribution in [0.4, 0.5) is 0 Å². The average Bonchev–Trinajstić information content (AvgIpc) is 2.39. The minimum atomic E-state index is -0.824. The highest BCUT2D eigenvalue weighted by molar-refractivity contribution is 5.86. The van der Waals surface area contributed by atoms with Gasteiger partial charge < -0.3 is 20.5 Å². The van der Waals surface area contributed by atoms with E-state index in [4.69, 9.17) is 10.5 Å². The smallest absolute Gasteiger partial charge is 0.309 e. The minimum absolute atomic E-state index is 0.0526. The lowest BCUT2D eigenvalue weighted by Gasteiger charge is -2.41. The maximum absolute atomic E-state index is 12.5. The lowest BCUT2D eigenvalue weighted by atomic mass is 9.79. The van der Waals surface area contributed by atoms with Crippen LogP contribution in [-0.4, -0.2) is 53.7 Å². The van der Waals surface area contributed by atoms with Gasteiger partial charge in [0.05, 0.1) is 11.0 Å². The Morgan fingerprint density at radius 1 is 1.16 bits per heavy atom. The number of carbonyl (C=O) groups excluding carboxylic acids is 1. The molecule has 6 heteroatoms. The molecule has 3 N–H and O–H groups in total. The van der Waals surface area contributed by atoms with E-state index in [0.29, 0.717) is 52.0 Å². The van der Waals surface area contributed by atoms with E-state index in [1.807, 2.05) is 0 Å². The summed E-state index contributed by atoms with van der Waals surface area (Å²) >= 11 is 0. The largest absolute Gasteiger partial charge is 0.481 e. The molecule has 0 bridgehead atoms. The molecule has 2 aliphatic heterocycles. The number of carboxylic acids is 1. The third-order valence-corrected chi connectivity index (χ3v) is 4.48. The molecule has 0 aliphatic carbocycles. The van der Waals surface area contributed by atoms with E-state index in [1.165, 1.54) is 0 Å². The minimum Gasteiger partial charge on any atom is -0.481 e. The van der Waals surface area contributed by atoms with Crippen molar-refractivity contribution >= 4 is 11.9 Å². The lowest BCUT2D eigenvalue weighted by molar-refractivity contribution is -0.154. The molecular weight excluding hydrogens is 248 g/mol. The number of hydrogen-bond acceptors (Lipinski definition) is 4. The predicted octanol–water partition coefficient (Wildman–Crippen LogP) is 0.208. The molecule has 108 valence electrons. The van der Waals surface area contributed by atoms with Crippen LogP contribution in [0.5, 0.6) is 0 Å². The Kier molecular flexibility index (Phi) is 3.82. The standard InChI is InChI=1S/C13H22N2O4/c1-12(11(17)18)2-6-15(7-3-12)10(16)13(14)4-8-19-9-5-13/h2-9,14H2,1H3,(H,17,18). The molecule has 0 aromatic rings. The highest BCUT2D eigenvalue weighted by atomic mass is 16.5. The van der Waals surface area contributed by atoms with E-state index in [1.54, 1.807) is 11.8 Å². The number of rotatable bonds is 2. The summed E-state index contributed by atoms with van der Waals surface area (Å²) in [5.41, 5.74) is 4.64. The first-order chi connectivity index (χ1) is 8.87. The molecule has 0 aromatic heterocycles. The van der Waals surface area contributed by atoms with Crippen molar-refractivity contribution in [2.45, 2.75) is 38.1 Å². The highest BCUT2D eigenvalue weighted by Gasteiger charge is 2.43. The van der Waals surface area contributed by atoms with Crippen LogP contribution in [0, 0.1) is 5.41 Å². The first-order valence-corrected chi connectivity index (χ1v) is 6.77. The highest BCUT2D eigenvalue weighted by Crippen LogP contribution is 2.32. The average molecular weight is 270 g/mol.